The zero-order valence-electron chi connectivity index (χ0n) is 24.2. The minimum atomic E-state index is -4.07. The fourth-order valence-electron chi connectivity index (χ4n) is 4.65. The molecule has 0 aromatic heterocycles. The van der Waals surface area contributed by atoms with Gasteiger partial charge in [0.25, 0.3) is 0 Å². The summed E-state index contributed by atoms with van der Waals surface area (Å²) in [7, 11) is -2.58. The number of aliphatic hydroxyl groups is 1. The van der Waals surface area contributed by atoms with Crippen molar-refractivity contribution < 1.29 is 37.3 Å². The van der Waals surface area contributed by atoms with Crippen LogP contribution in [0.25, 0.3) is 0 Å². The normalized spacial score (nSPS) is 17.2. The number of ether oxygens (including phenoxy) is 3. The highest BCUT2D eigenvalue weighted by Gasteiger charge is 2.35. The first-order valence-electron chi connectivity index (χ1n) is 13.8. The van der Waals surface area contributed by atoms with Crippen molar-refractivity contribution in [2.24, 2.45) is 5.41 Å². The molecule has 0 saturated carbocycles. The van der Waals surface area contributed by atoms with Gasteiger partial charge in [-0.1, -0.05) is 44.2 Å². The highest BCUT2D eigenvalue weighted by atomic mass is 32.2. The van der Waals surface area contributed by atoms with Crippen molar-refractivity contribution in [3.05, 3.63) is 60.2 Å². The van der Waals surface area contributed by atoms with Crippen molar-refractivity contribution in [3.63, 3.8) is 0 Å². The zero-order chi connectivity index (χ0) is 30.0. The number of aliphatic hydroxyl groups excluding tert-OH is 1. The van der Waals surface area contributed by atoms with Crippen LogP contribution in [0.4, 0.5) is 4.79 Å². The van der Waals surface area contributed by atoms with E-state index in [9.17, 15) is 23.1 Å². The van der Waals surface area contributed by atoms with E-state index in [1.54, 1.807) is 12.1 Å². The Kier molecular flexibility index (Phi) is 11.7. The number of amides is 1. The molecule has 0 unspecified atom stereocenters. The third-order valence-electron chi connectivity index (χ3n) is 7.07. The molecule has 0 radical (unpaired) electrons. The molecule has 1 amide bonds. The maximum absolute atomic E-state index is 13.9. The summed E-state index contributed by atoms with van der Waals surface area (Å²) in [5.41, 5.74) is 0.279. The summed E-state index contributed by atoms with van der Waals surface area (Å²) >= 11 is 0. The van der Waals surface area contributed by atoms with Crippen LogP contribution in [0, 0.1) is 5.41 Å². The van der Waals surface area contributed by atoms with E-state index in [-0.39, 0.29) is 36.3 Å². The van der Waals surface area contributed by atoms with Crippen LogP contribution in [0.5, 0.6) is 5.75 Å². The number of carbonyl (C=O) groups excluding carboxylic acids is 2. The number of hydrogen-bond acceptors (Lipinski definition) is 8. The largest absolute Gasteiger partial charge is 0.497 e. The van der Waals surface area contributed by atoms with Crippen LogP contribution in [-0.2, 0) is 30.7 Å². The monoisotopic (exact) mass is 590 g/mol. The smallest absolute Gasteiger partial charge is 0.407 e. The lowest BCUT2D eigenvalue weighted by Crippen LogP contribution is -2.52. The van der Waals surface area contributed by atoms with Crippen LogP contribution in [-0.4, -0.2) is 81.4 Å². The maximum atomic E-state index is 13.9. The number of nitrogens with zero attached hydrogens (tertiary/aromatic N) is 1. The Hall–Kier alpha value is -2.99. The maximum Gasteiger partial charge on any atom is 0.407 e. The first kappa shape index (κ1) is 32.5. The molecule has 1 fully saturated rings. The zero-order valence-corrected chi connectivity index (χ0v) is 25.1. The van der Waals surface area contributed by atoms with Crippen LogP contribution < -0.4 is 10.1 Å². The van der Waals surface area contributed by atoms with Gasteiger partial charge in [-0.25, -0.2) is 13.2 Å². The molecular weight excluding hydrogens is 548 g/mol. The molecule has 1 aliphatic rings. The van der Waals surface area contributed by atoms with E-state index in [0.29, 0.717) is 38.2 Å². The molecule has 1 aliphatic heterocycles. The number of hydrogen-bond donors (Lipinski definition) is 2. The van der Waals surface area contributed by atoms with E-state index >= 15 is 0 Å². The third kappa shape index (κ3) is 10.1. The van der Waals surface area contributed by atoms with Crippen LogP contribution >= 0.6 is 0 Å². The van der Waals surface area contributed by atoms with Gasteiger partial charge in [0.15, 0.2) is 0 Å². The van der Waals surface area contributed by atoms with Gasteiger partial charge in [0.2, 0.25) is 10.0 Å². The Morgan fingerprint density at radius 2 is 1.83 bits per heavy atom. The Morgan fingerprint density at radius 3 is 2.41 bits per heavy atom. The predicted octanol–water partition coefficient (Wildman–Crippen LogP) is 3.57. The molecule has 2 aromatic rings. The van der Waals surface area contributed by atoms with Gasteiger partial charge in [-0.05, 0) is 55.0 Å². The fraction of sp³-hybridized carbons (Fsp3) is 0.533. The first-order chi connectivity index (χ1) is 19.4. The van der Waals surface area contributed by atoms with Gasteiger partial charge in [-0.2, -0.15) is 4.31 Å². The van der Waals surface area contributed by atoms with Gasteiger partial charge in [0, 0.05) is 25.9 Å². The Bertz CT molecular complexity index is 1230. The molecular formula is C30H42N2O8S. The lowest BCUT2D eigenvalue weighted by Gasteiger charge is -2.35. The van der Waals surface area contributed by atoms with E-state index in [1.165, 1.54) is 30.5 Å². The first-order valence-corrected chi connectivity index (χ1v) is 15.2. The predicted molar refractivity (Wildman–Crippen MR) is 154 cm³/mol. The second kappa shape index (κ2) is 14.8. The summed E-state index contributed by atoms with van der Waals surface area (Å²) < 4.78 is 44.9. The Balaban J connectivity index is 1.88. The SMILES string of the molecule is COc1ccc(S(=O)(=O)N(C[C@H](O)[C@H](Cc2ccccc2)NC(=O)O[C@H]2CCOC2)CC(C)(C)CCC(C)=O)cc1. The summed E-state index contributed by atoms with van der Waals surface area (Å²) in [5.74, 6) is 0.525. The number of sulfonamides is 1. The quantitative estimate of drug-likeness (QED) is 0.322. The summed E-state index contributed by atoms with van der Waals surface area (Å²) in [6, 6.07) is 14.5. The van der Waals surface area contributed by atoms with E-state index in [2.05, 4.69) is 5.32 Å². The van der Waals surface area contributed by atoms with Gasteiger partial charge >= 0.3 is 6.09 Å². The molecule has 1 heterocycles. The molecule has 0 aliphatic carbocycles. The number of Topliss-reactive ketones (excluding diaryl/α,β-unsaturated/α-hetero) is 1. The van der Waals surface area contributed by atoms with Crippen molar-refractivity contribution in [3.8, 4) is 5.75 Å². The molecule has 2 aromatic carbocycles. The number of benzene rings is 2. The molecule has 3 atom stereocenters. The standard InChI is InChI=1S/C30H42N2O8S/c1-22(33)14-16-30(2,3)21-32(41(36,37)26-12-10-24(38-4)11-13-26)19-28(34)27(18-23-8-6-5-7-9-23)31-29(35)40-25-15-17-39-20-25/h5-13,25,27-28,34H,14-21H2,1-4H3,(H,31,35)/t25-,27-,28-/m0/s1. The van der Waals surface area contributed by atoms with E-state index in [1.807, 2.05) is 44.2 Å². The van der Waals surface area contributed by atoms with Gasteiger partial charge in [0.1, 0.15) is 17.6 Å². The van der Waals surface area contributed by atoms with Crippen molar-refractivity contribution in [2.45, 2.75) is 69.6 Å². The van der Waals surface area contributed by atoms with Gasteiger partial charge in [-0.3, -0.25) is 0 Å². The van der Waals surface area contributed by atoms with Crippen molar-refractivity contribution >= 4 is 21.9 Å². The van der Waals surface area contributed by atoms with Gasteiger partial charge in [-0.15, -0.1) is 0 Å². The third-order valence-corrected chi connectivity index (χ3v) is 8.90. The van der Waals surface area contributed by atoms with Gasteiger partial charge < -0.3 is 29.4 Å². The second-order valence-electron chi connectivity index (χ2n) is 11.2. The summed E-state index contributed by atoms with van der Waals surface area (Å²) in [4.78, 5) is 24.5. The molecule has 226 valence electrons. The number of carbonyl (C=O) groups is 2. The molecule has 11 heteroatoms. The number of nitrogens with one attached hydrogen (secondary N) is 1. The number of rotatable bonds is 15. The lowest BCUT2D eigenvalue weighted by atomic mass is 9.87. The molecule has 41 heavy (non-hydrogen) atoms. The molecule has 3 rings (SSSR count). The van der Waals surface area contributed by atoms with E-state index < -0.39 is 33.7 Å². The molecule has 10 nitrogen and oxygen atoms in total. The van der Waals surface area contributed by atoms with Crippen molar-refractivity contribution in [2.75, 3.05) is 33.4 Å². The molecule has 1 saturated heterocycles. The van der Waals surface area contributed by atoms with Crippen LogP contribution in [0.2, 0.25) is 0 Å². The lowest BCUT2D eigenvalue weighted by molar-refractivity contribution is -0.117. The van der Waals surface area contributed by atoms with Crippen LogP contribution in [0.1, 0.15) is 45.6 Å². The summed E-state index contributed by atoms with van der Waals surface area (Å²) in [6.45, 7) is 5.85. The van der Waals surface area contributed by atoms with Crippen LogP contribution in [0.3, 0.4) is 0 Å². The molecule has 0 spiro atoms. The Morgan fingerprint density at radius 1 is 1.15 bits per heavy atom. The van der Waals surface area contributed by atoms with E-state index in [4.69, 9.17) is 14.2 Å². The number of ketones is 1. The van der Waals surface area contributed by atoms with Crippen molar-refractivity contribution in [1.29, 1.82) is 0 Å². The van der Waals surface area contributed by atoms with Crippen molar-refractivity contribution in [1.82, 2.24) is 9.62 Å². The minimum absolute atomic E-state index is 0.0148. The highest BCUT2D eigenvalue weighted by molar-refractivity contribution is 7.89. The van der Waals surface area contributed by atoms with Crippen LogP contribution in [0.15, 0.2) is 59.5 Å². The topological polar surface area (TPSA) is 131 Å². The highest BCUT2D eigenvalue weighted by Crippen LogP contribution is 2.29. The number of alkyl carbamates (subject to hydrolysis) is 1. The summed E-state index contributed by atoms with van der Waals surface area (Å²) in [5, 5.41) is 14.2. The van der Waals surface area contributed by atoms with Gasteiger partial charge in [0.05, 0.1) is 37.4 Å². The average molecular weight is 591 g/mol. The molecule has 0 bridgehead atoms. The molecule has 2 N–H and O–H groups in total. The summed E-state index contributed by atoms with van der Waals surface area (Å²) in [6.07, 6.45) is -0.745. The fourth-order valence-corrected chi connectivity index (χ4v) is 6.29. The minimum Gasteiger partial charge on any atom is -0.497 e. The number of methoxy groups -OCH3 is 1. The second-order valence-corrected chi connectivity index (χ2v) is 13.2. The Labute approximate surface area is 243 Å². The average Bonchev–Trinajstić information content (AvgIpc) is 3.44. The van der Waals surface area contributed by atoms with E-state index in [0.717, 1.165) is 5.56 Å².